The van der Waals surface area contributed by atoms with Crippen molar-refractivity contribution in [2.45, 2.75) is 32.2 Å². The topological polar surface area (TPSA) is 41.1 Å². The Labute approximate surface area is 115 Å². The number of carbonyl (C=O) groups excluding carboxylic acids is 1. The molecule has 3 heteroatoms. The largest absolute Gasteiger partial charge is 0.325 e. The molecule has 1 amide bonds. The van der Waals surface area contributed by atoms with Gasteiger partial charge in [0, 0.05) is 5.69 Å². The molecule has 0 aliphatic heterocycles. The number of rotatable bonds is 5. The molecule has 0 radical (unpaired) electrons. The number of benzene rings is 1. The van der Waals surface area contributed by atoms with Gasteiger partial charge in [-0.1, -0.05) is 30.4 Å². The quantitative estimate of drug-likeness (QED) is 0.797. The van der Waals surface area contributed by atoms with E-state index >= 15 is 0 Å². The molecule has 2 rings (SSSR count). The van der Waals surface area contributed by atoms with E-state index in [1.54, 1.807) is 0 Å². The molecule has 0 aromatic heterocycles. The molecule has 0 spiro atoms. The average Bonchev–Trinajstić information content (AvgIpc) is 2.47. The van der Waals surface area contributed by atoms with Crippen molar-refractivity contribution in [1.29, 1.82) is 0 Å². The normalized spacial score (nSPS) is 19.9. The first-order valence-corrected chi connectivity index (χ1v) is 7.00. The monoisotopic (exact) mass is 258 g/mol. The summed E-state index contributed by atoms with van der Waals surface area (Å²) in [6.45, 7) is 2.82. The van der Waals surface area contributed by atoms with Gasteiger partial charge in [0.2, 0.25) is 5.91 Å². The molecule has 1 aliphatic carbocycles. The molecule has 2 atom stereocenters. The van der Waals surface area contributed by atoms with Gasteiger partial charge in [-0.15, -0.1) is 0 Å². The molecule has 2 N–H and O–H groups in total. The number of anilines is 1. The van der Waals surface area contributed by atoms with Gasteiger partial charge in [0.15, 0.2) is 0 Å². The maximum atomic E-state index is 12.0. The summed E-state index contributed by atoms with van der Waals surface area (Å²) in [5.41, 5.74) is 0.849. The van der Waals surface area contributed by atoms with Crippen LogP contribution in [0.3, 0.4) is 0 Å². The summed E-state index contributed by atoms with van der Waals surface area (Å²) >= 11 is 0. The second kappa shape index (κ2) is 7.10. The van der Waals surface area contributed by atoms with E-state index in [0.29, 0.717) is 5.92 Å². The maximum absolute atomic E-state index is 12.0. The summed E-state index contributed by atoms with van der Waals surface area (Å²) in [6.07, 6.45) is 7.99. The van der Waals surface area contributed by atoms with Crippen LogP contribution in [0.1, 0.15) is 26.2 Å². The molecule has 1 aliphatic rings. The summed E-state index contributed by atoms with van der Waals surface area (Å²) in [4.78, 5) is 12.0. The lowest BCUT2D eigenvalue weighted by Crippen LogP contribution is -2.40. The highest BCUT2D eigenvalue weighted by atomic mass is 16.2. The summed E-state index contributed by atoms with van der Waals surface area (Å²) in [7, 11) is 0. The van der Waals surface area contributed by atoms with Gasteiger partial charge in [-0.05, 0) is 50.8 Å². The average molecular weight is 258 g/mol. The number of allylic oxidation sites excluding steroid dienone is 2. The maximum Gasteiger partial charge on any atom is 0.241 e. The summed E-state index contributed by atoms with van der Waals surface area (Å²) in [5, 5.41) is 6.24. The van der Waals surface area contributed by atoms with Gasteiger partial charge in [0.25, 0.3) is 0 Å². The zero-order chi connectivity index (χ0) is 13.5. The highest BCUT2D eigenvalue weighted by molar-refractivity contribution is 5.94. The number of para-hydroxylation sites is 1. The minimum Gasteiger partial charge on any atom is -0.325 e. The Hall–Kier alpha value is -1.61. The Morgan fingerprint density at radius 3 is 2.79 bits per heavy atom. The molecule has 0 saturated heterocycles. The first-order chi connectivity index (χ1) is 9.25. The Kier molecular flexibility index (Phi) is 5.16. The van der Waals surface area contributed by atoms with Gasteiger partial charge in [0.05, 0.1) is 6.04 Å². The molecule has 2 unspecified atom stereocenters. The van der Waals surface area contributed by atoms with Gasteiger partial charge in [-0.2, -0.15) is 0 Å². The summed E-state index contributed by atoms with van der Waals surface area (Å²) in [5.74, 6) is 0.689. The van der Waals surface area contributed by atoms with Crippen molar-refractivity contribution >= 4 is 11.6 Å². The summed E-state index contributed by atoms with van der Waals surface area (Å²) in [6, 6.07) is 9.41. The lowest BCUT2D eigenvalue weighted by Gasteiger charge is -2.21. The Bertz CT molecular complexity index is 428. The van der Waals surface area contributed by atoms with Gasteiger partial charge in [-0.3, -0.25) is 4.79 Å². The fraction of sp³-hybridized carbons (Fsp3) is 0.438. The van der Waals surface area contributed by atoms with Crippen LogP contribution >= 0.6 is 0 Å². The predicted octanol–water partition coefficient (Wildman–Crippen LogP) is 2.96. The zero-order valence-corrected chi connectivity index (χ0v) is 11.4. The van der Waals surface area contributed by atoms with Crippen molar-refractivity contribution < 1.29 is 4.79 Å². The van der Waals surface area contributed by atoms with E-state index in [-0.39, 0.29) is 11.9 Å². The smallest absolute Gasteiger partial charge is 0.241 e. The van der Waals surface area contributed by atoms with Crippen LogP contribution in [0.15, 0.2) is 42.5 Å². The van der Waals surface area contributed by atoms with Crippen molar-refractivity contribution in [2.75, 3.05) is 11.9 Å². The minimum atomic E-state index is -0.161. The third-order valence-corrected chi connectivity index (χ3v) is 3.52. The lowest BCUT2D eigenvalue weighted by molar-refractivity contribution is -0.117. The molecule has 0 saturated carbocycles. The number of carbonyl (C=O) groups is 1. The third kappa shape index (κ3) is 4.52. The fourth-order valence-corrected chi connectivity index (χ4v) is 2.25. The predicted molar refractivity (Wildman–Crippen MR) is 79.0 cm³/mol. The van der Waals surface area contributed by atoms with Crippen molar-refractivity contribution in [1.82, 2.24) is 5.32 Å². The van der Waals surface area contributed by atoms with E-state index in [9.17, 15) is 4.79 Å². The molecule has 1 aromatic rings. The second-order valence-corrected chi connectivity index (χ2v) is 5.14. The second-order valence-electron chi connectivity index (χ2n) is 5.14. The molecular formula is C16H22N2O. The Balaban J connectivity index is 1.74. The molecular weight excluding hydrogens is 236 g/mol. The van der Waals surface area contributed by atoms with Crippen LogP contribution in [0.5, 0.6) is 0 Å². The van der Waals surface area contributed by atoms with Crippen LogP contribution in [0.25, 0.3) is 0 Å². The molecule has 0 heterocycles. The van der Waals surface area contributed by atoms with Crippen LogP contribution < -0.4 is 10.6 Å². The highest BCUT2D eigenvalue weighted by Gasteiger charge is 2.15. The first-order valence-electron chi connectivity index (χ1n) is 7.00. The van der Waals surface area contributed by atoms with Crippen LogP contribution in [-0.4, -0.2) is 18.5 Å². The van der Waals surface area contributed by atoms with Crippen LogP contribution in [0, 0.1) is 5.92 Å². The fourth-order valence-electron chi connectivity index (χ4n) is 2.25. The third-order valence-electron chi connectivity index (χ3n) is 3.52. The van der Waals surface area contributed by atoms with E-state index < -0.39 is 0 Å². The van der Waals surface area contributed by atoms with E-state index in [1.165, 1.54) is 6.42 Å². The molecule has 0 bridgehead atoms. The van der Waals surface area contributed by atoms with E-state index in [1.807, 2.05) is 37.3 Å². The standard InChI is InChI=1S/C16H22N2O/c1-13(17-12-14-8-4-2-5-9-14)16(19)18-15-10-6-3-7-11-15/h2-4,6-7,10-11,13-14,17H,5,8-9,12H2,1H3,(H,18,19). The van der Waals surface area contributed by atoms with Gasteiger partial charge < -0.3 is 10.6 Å². The van der Waals surface area contributed by atoms with Crippen molar-refractivity contribution in [2.24, 2.45) is 5.92 Å². The Morgan fingerprint density at radius 2 is 2.11 bits per heavy atom. The molecule has 0 fully saturated rings. The van der Waals surface area contributed by atoms with Crippen LogP contribution in [-0.2, 0) is 4.79 Å². The number of amides is 1. The number of hydrogen-bond donors (Lipinski definition) is 2. The summed E-state index contributed by atoms with van der Waals surface area (Å²) < 4.78 is 0. The van der Waals surface area contributed by atoms with Gasteiger partial charge >= 0.3 is 0 Å². The zero-order valence-electron chi connectivity index (χ0n) is 11.4. The molecule has 19 heavy (non-hydrogen) atoms. The number of nitrogens with one attached hydrogen (secondary N) is 2. The minimum absolute atomic E-state index is 0.0255. The van der Waals surface area contributed by atoms with Crippen molar-refractivity contribution in [3.63, 3.8) is 0 Å². The molecule has 102 valence electrons. The SMILES string of the molecule is CC(NCC1CC=CCC1)C(=O)Nc1ccccc1. The first kappa shape index (κ1) is 13.8. The van der Waals surface area contributed by atoms with Crippen molar-refractivity contribution in [3.8, 4) is 0 Å². The molecule has 1 aromatic carbocycles. The lowest BCUT2D eigenvalue weighted by atomic mass is 9.94. The Morgan fingerprint density at radius 1 is 1.32 bits per heavy atom. The van der Waals surface area contributed by atoms with Crippen LogP contribution in [0.2, 0.25) is 0 Å². The van der Waals surface area contributed by atoms with E-state index in [0.717, 1.165) is 25.1 Å². The highest BCUT2D eigenvalue weighted by Crippen LogP contribution is 2.17. The molecule has 3 nitrogen and oxygen atoms in total. The van der Waals surface area contributed by atoms with Gasteiger partial charge in [0.1, 0.15) is 0 Å². The van der Waals surface area contributed by atoms with Crippen LogP contribution in [0.4, 0.5) is 5.69 Å². The number of hydrogen-bond acceptors (Lipinski definition) is 2. The van der Waals surface area contributed by atoms with E-state index in [2.05, 4.69) is 22.8 Å². The van der Waals surface area contributed by atoms with Gasteiger partial charge in [-0.25, -0.2) is 0 Å². The van der Waals surface area contributed by atoms with E-state index in [4.69, 9.17) is 0 Å². The van der Waals surface area contributed by atoms with Crippen molar-refractivity contribution in [3.05, 3.63) is 42.5 Å².